The number of benzene rings is 1. The second-order valence-electron chi connectivity index (χ2n) is 2.92. The van der Waals surface area contributed by atoms with Crippen LogP contribution in [-0.4, -0.2) is 15.7 Å². The highest BCUT2D eigenvalue weighted by Gasteiger charge is 2.28. The van der Waals surface area contributed by atoms with Gasteiger partial charge in [-0.1, -0.05) is 18.2 Å². The Morgan fingerprint density at radius 1 is 1.08 bits per heavy atom. The van der Waals surface area contributed by atoms with Crippen molar-refractivity contribution < 1.29 is 4.79 Å². The Morgan fingerprint density at radius 3 is 2.46 bits per heavy atom. The Kier molecular flexibility index (Phi) is 0.930. The van der Waals surface area contributed by atoms with Crippen LogP contribution in [0.3, 0.4) is 0 Å². The number of rotatable bonds is 0. The molecule has 4 nitrogen and oxygen atoms in total. The lowest BCUT2D eigenvalue weighted by Crippen LogP contribution is -2.40. The third kappa shape index (κ3) is 0.593. The van der Waals surface area contributed by atoms with E-state index in [9.17, 15) is 9.59 Å². The summed E-state index contributed by atoms with van der Waals surface area (Å²) in [7, 11) is 0. The zero-order valence-electron chi connectivity index (χ0n) is 6.52. The first-order chi connectivity index (χ1) is 6.29. The summed E-state index contributed by atoms with van der Waals surface area (Å²) in [6.07, 6.45) is 0. The lowest BCUT2D eigenvalue weighted by molar-refractivity contribution is 0.0889. The number of hydrogen-bond donors (Lipinski definition) is 0. The van der Waals surface area contributed by atoms with Gasteiger partial charge in [0.2, 0.25) is 0 Å². The highest BCUT2D eigenvalue weighted by Crippen LogP contribution is 2.18. The van der Waals surface area contributed by atoms with E-state index in [1.165, 1.54) is 0 Å². The molecule has 2 aromatic rings. The molecule has 2 aliphatic rings. The third-order valence-electron chi connectivity index (χ3n) is 2.20. The fourth-order valence-corrected chi connectivity index (χ4v) is 1.54. The zero-order chi connectivity index (χ0) is 9.00. The molecule has 0 saturated carbocycles. The zero-order valence-corrected chi connectivity index (χ0v) is 6.52. The molecule has 0 spiro atoms. The highest BCUT2D eigenvalue weighted by molar-refractivity contribution is 6.10. The Labute approximate surface area is 72.4 Å². The summed E-state index contributed by atoms with van der Waals surface area (Å²) >= 11 is 0. The molecule has 2 aliphatic heterocycles. The Balaban J connectivity index is 2.69. The number of hydrogen-bond acceptors (Lipinski definition) is 3. The molecule has 1 aromatic heterocycles. The van der Waals surface area contributed by atoms with Gasteiger partial charge in [-0.25, -0.2) is 0 Å². The summed E-state index contributed by atoms with van der Waals surface area (Å²) in [5, 5.41) is 5.00. The van der Waals surface area contributed by atoms with Crippen LogP contribution in [0, 0.1) is 0 Å². The third-order valence-corrected chi connectivity index (χ3v) is 2.20. The molecule has 0 unspecified atom stereocenters. The van der Waals surface area contributed by atoms with Gasteiger partial charge in [0.25, 0.3) is 5.56 Å². The van der Waals surface area contributed by atoms with E-state index in [2.05, 4.69) is 5.10 Å². The monoisotopic (exact) mass is 172 g/mol. The first-order valence-corrected chi connectivity index (χ1v) is 3.86. The minimum atomic E-state index is -0.324. The molecule has 0 fully saturated rings. The van der Waals surface area contributed by atoms with Crippen LogP contribution in [0.1, 0.15) is 10.5 Å². The molecule has 0 saturated heterocycles. The molecule has 13 heavy (non-hydrogen) atoms. The van der Waals surface area contributed by atoms with Crippen LogP contribution in [-0.2, 0) is 0 Å². The van der Waals surface area contributed by atoms with Crippen LogP contribution in [0.25, 0.3) is 10.8 Å². The molecular weight excluding hydrogens is 168 g/mol. The van der Waals surface area contributed by atoms with E-state index in [-0.39, 0.29) is 11.5 Å². The van der Waals surface area contributed by atoms with E-state index in [4.69, 9.17) is 0 Å². The summed E-state index contributed by atoms with van der Waals surface area (Å²) in [4.78, 5) is 22.7. The molecule has 0 aliphatic carbocycles. The number of carbonyl (C=O) groups is 1. The van der Waals surface area contributed by atoms with Gasteiger partial charge in [0.15, 0.2) is 5.69 Å². The van der Waals surface area contributed by atoms with Gasteiger partial charge >= 0.3 is 5.91 Å². The standard InChI is InChI=1S/C9H4N2O2/c12-8-6-4-2-1-3-5(6)7-9(13)11(8)10-7/h1-4H. The predicted molar refractivity (Wildman–Crippen MR) is 45.7 cm³/mol. The molecule has 3 heterocycles. The molecular formula is C9H4N2O2. The summed E-state index contributed by atoms with van der Waals surface area (Å²) < 4.78 is 0.900. The minimum Gasteiger partial charge on any atom is -0.267 e. The van der Waals surface area contributed by atoms with Crippen molar-refractivity contribution in [2.45, 2.75) is 0 Å². The van der Waals surface area contributed by atoms with Crippen LogP contribution in [0.5, 0.6) is 0 Å². The van der Waals surface area contributed by atoms with E-state index in [0.717, 1.165) is 4.68 Å². The first kappa shape index (κ1) is 6.54. The molecule has 0 N–H and O–H groups in total. The van der Waals surface area contributed by atoms with E-state index >= 15 is 0 Å². The summed E-state index contributed by atoms with van der Waals surface area (Å²) in [6.45, 7) is 0. The Bertz CT molecular complexity index is 598. The van der Waals surface area contributed by atoms with Gasteiger partial charge in [0, 0.05) is 5.39 Å². The quantitative estimate of drug-likeness (QED) is 0.493. The molecule has 0 amide bonds. The van der Waals surface area contributed by atoms with Crippen molar-refractivity contribution in [3.05, 3.63) is 40.3 Å². The maximum atomic E-state index is 11.5. The molecule has 1 aromatic carbocycles. The fraction of sp³-hybridized carbons (Fsp3) is 0. The van der Waals surface area contributed by atoms with Crippen molar-refractivity contribution in [1.29, 1.82) is 0 Å². The van der Waals surface area contributed by atoms with Crippen LogP contribution in [0.2, 0.25) is 0 Å². The normalized spacial score (nSPS) is 13.1. The molecule has 0 radical (unpaired) electrons. The maximum Gasteiger partial charge on any atom is 0.302 e. The van der Waals surface area contributed by atoms with Crippen molar-refractivity contribution in [2.24, 2.45) is 0 Å². The molecule has 62 valence electrons. The van der Waals surface area contributed by atoms with Gasteiger partial charge in [-0.15, -0.1) is 0 Å². The highest BCUT2D eigenvalue weighted by atomic mass is 16.2. The number of nitrogens with zero attached hydrogens (tertiary/aromatic N) is 2. The predicted octanol–water partition coefficient (Wildman–Crippen LogP) is 0.398. The van der Waals surface area contributed by atoms with Crippen molar-refractivity contribution >= 4 is 16.7 Å². The summed E-state index contributed by atoms with van der Waals surface area (Å²) in [5.74, 6) is -0.288. The summed E-state index contributed by atoms with van der Waals surface area (Å²) in [5.41, 5.74) is 0.0748. The topological polar surface area (TPSA) is 52.0 Å². The van der Waals surface area contributed by atoms with Gasteiger partial charge in [-0.05, 0) is 6.07 Å². The van der Waals surface area contributed by atoms with E-state index < -0.39 is 0 Å². The van der Waals surface area contributed by atoms with Crippen LogP contribution < -0.4 is 5.56 Å². The Hall–Kier alpha value is -1.97. The van der Waals surface area contributed by atoms with E-state index in [0.29, 0.717) is 16.5 Å². The van der Waals surface area contributed by atoms with E-state index in [1.54, 1.807) is 24.3 Å². The molecule has 0 atom stereocenters. The SMILES string of the molecule is O=C1c2nn1c(=O)c1ccccc21. The number of carbonyl (C=O) groups excluding carboxylic acids is 1. The average molecular weight is 172 g/mol. The second-order valence-corrected chi connectivity index (χ2v) is 2.92. The van der Waals surface area contributed by atoms with Crippen molar-refractivity contribution in [2.75, 3.05) is 0 Å². The molecule has 4 rings (SSSR count). The van der Waals surface area contributed by atoms with E-state index in [1.807, 2.05) is 0 Å². The lowest BCUT2D eigenvalue weighted by atomic mass is 10.1. The molecule has 4 heteroatoms. The van der Waals surface area contributed by atoms with Gasteiger partial charge in [-0.3, -0.25) is 9.59 Å². The van der Waals surface area contributed by atoms with Crippen LogP contribution >= 0.6 is 0 Å². The lowest BCUT2D eigenvalue weighted by Gasteiger charge is -2.15. The van der Waals surface area contributed by atoms with Crippen molar-refractivity contribution in [3.63, 3.8) is 0 Å². The fourth-order valence-electron chi connectivity index (χ4n) is 1.54. The largest absolute Gasteiger partial charge is 0.302 e. The maximum absolute atomic E-state index is 11.5. The summed E-state index contributed by atoms with van der Waals surface area (Å²) in [6, 6.07) is 7.00. The van der Waals surface area contributed by atoms with Gasteiger partial charge in [0.1, 0.15) is 0 Å². The van der Waals surface area contributed by atoms with Crippen molar-refractivity contribution in [3.8, 4) is 0 Å². The van der Waals surface area contributed by atoms with Gasteiger partial charge < -0.3 is 0 Å². The van der Waals surface area contributed by atoms with Crippen LogP contribution in [0.4, 0.5) is 0 Å². The Morgan fingerprint density at radius 2 is 1.77 bits per heavy atom. The van der Waals surface area contributed by atoms with Crippen molar-refractivity contribution in [1.82, 2.24) is 9.78 Å². The van der Waals surface area contributed by atoms with Gasteiger partial charge in [-0.2, -0.15) is 9.78 Å². The van der Waals surface area contributed by atoms with Gasteiger partial charge in [0.05, 0.1) is 5.39 Å². The smallest absolute Gasteiger partial charge is 0.267 e. The second kappa shape index (κ2) is 1.85. The number of aromatic nitrogens is 2. The first-order valence-electron chi connectivity index (χ1n) is 3.86. The average Bonchev–Trinajstić information content (AvgIpc) is 2.16. The minimum absolute atomic E-state index is 0.288. The van der Waals surface area contributed by atoms with Crippen LogP contribution in [0.15, 0.2) is 29.1 Å². The molecule has 2 bridgehead atoms.